The summed E-state index contributed by atoms with van der Waals surface area (Å²) in [5.41, 5.74) is -0.112. The molecule has 0 atom stereocenters. The number of piperazine rings is 1. The molecule has 0 bridgehead atoms. The summed E-state index contributed by atoms with van der Waals surface area (Å²) in [7, 11) is 2.02. The molecule has 1 heterocycles. The van der Waals surface area contributed by atoms with Gasteiger partial charge in [0.2, 0.25) is 0 Å². The maximum Gasteiger partial charge on any atom is 0.256 e. The van der Waals surface area contributed by atoms with Gasteiger partial charge < -0.3 is 10.0 Å². The predicted molar refractivity (Wildman–Crippen MR) is 70.7 cm³/mol. The van der Waals surface area contributed by atoms with E-state index in [0.717, 1.165) is 12.6 Å². The van der Waals surface area contributed by atoms with Gasteiger partial charge in [0.15, 0.2) is 0 Å². The normalized spacial score (nSPS) is 19.5. The molecule has 1 fully saturated rings. The van der Waals surface area contributed by atoms with Crippen LogP contribution in [-0.4, -0.2) is 53.0 Å². The monoisotopic (exact) mass is 266 g/mol. The number of benzene rings is 1. The zero-order valence-corrected chi connectivity index (χ0v) is 11.5. The van der Waals surface area contributed by atoms with E-state index in [9.17, 15) is 14.3 Å². The fourth-order valence-corrected chi connectivity index (χ4v) is 2.26. The molecule has 1 aliphatic rings. The molecule has 0 aromatic heterocycles. The van der Waals surface area contributed by atoms with Crippen LogP contribution in [0, 0.1) is 5.82 Å². The summed E-state index contributed by atoms with van der Waals surface area (Å²) in [6.45, 7) is 6.01. The minimum absolute atomic E-state index is 0.0122. The molecular formula is C14H19FN2O2. The van der Waals surface area contributed by atoms with Gasteiger partial charge in [-0.3, -0.25) is 9.69 Å². The first-order valence-electron chi connectivity index (χ1n) is 6.30. The molecule has 104 valence electrons. The molecule has 0 spiro atoms. The minimum atomic E-state index is -0.679. The van der Waals surface area contributed by atoms with Crippen molar-refractivity contribution in [1.29, 1.82) is 0 Å². The zero-order chi connectivity index (χ0) is 14.2. The van der Waals surface area contributed by atoms with E-state index in [1.54, 1.807) is 4.90 Å². The van der Waals surface area contributed by atoms with Crippen LogP contribution in [0.4, 0.5) is 4.39 Å². The number of phenols is 1. The molecule has 5 heteroatoms. The number of amides is 1. The van der Waals surface area contributed by atoms with Crippen LogP contribution in [0.5, 0.6) is 5.75 Å². The van der Waals surface area contributed by atoms with E-state index in [-0.39, 0.29) is 22.8 Å². The molecule has 1 saturated heterocycles. The first kappa shape index (κ1) is 13.8. The first-order valence-corrected chi connectivity index (χ1v) is 6.30. The van der Waals surface area contributed by atoms with Crippen LogP contribution < -0.4 is 0 Å². The van der Waals surface area contributed by atoms with Crippen molar-refractivity contribution < 1.29 is 14.3 Å². The number of halogens is 1. The molecule has 0 unspecified atom stereocenters. The summed E-state index contributed by atoms with van der Waals surface area (Å²) in [6.07, 6.45) is 0. The Morgan fingerprint density at radius 1 is 1.37 bits per heavy atom. The highest BCUT2D eigenvalue weighted by molar-refractivity contribution is 5.94. The lowest BCUT2D eigenvalue weighted by Crippen LogP contribution is -2.58. The van der Waals surface area contributed by atoms with Crippen molar-refractivity contribution in [1.82, 2.24) is 9.80 Å². The summed E-state index contributed by atoms with van der Waals surface area (Å²) in [5.74, 6) is -1.17. The number of hydrogen-bond acceptors (Lipinski definition) is 3. The SMILES string of the molecule is CN1CCN(C(=O)c2ccc(O)cc2F)CC1(C)C. The number of hydrogen-bond donors (Lipinski definition) is 1. The van der Waals surface area contributed by atoms with Crippen molar-refractivity contribution >= 4 is 5.91 Å². The molecule has 4 nitrogen and oxygen atoms in total. The van der Waals surface area contributed by atoms with E-state index in [0.29, 0.717) is 13.1 Å². The molecule has 1 amide bonds. The second-order valence-electron chi connectivity index (χ2n) is 5.62. The highest BCUT2D eigenvalue weighted by Gasteiger charge is 2.34. The summed E-state index contributed by atoms with van der Waals surface area (Å²) in [4.78, 5) is 16.2. The lowest BCUT2D eigenvalue weighted by atomic mass is 9.99. The third-order valence-corrected chi connectivity index (χ3v) is 3.79. The third-order valence-electron chi connectivity index (χ3n) is 3.79. The van der Waals surface area contributed by atoms with Crippen LogP contribution >= 0.6 is 0 Å². The summed E-state index contributed by atoms with van der Waals surface area (Å²) < 4.78 is 13.7. The van der Waals surface area contributed by atoms with Crippen molar-refractivity contribution in [2.24, 2.45) is 0 Å². The molecule has 1 aromatic carbocycles. The van der Waals surface area contributed by atoms with Crippen molar-refractivity contribution in [3.8, 4) is 5.75 Å². The van der Waals surface area contributed by atoms with E-state index >= 15 is 0 Å². The van der Waals surface area contributed by atoms with E-state index in [1.807, 2.05) is 7.05 Å². The number of likely N-dealkylation sites (N-methyl/N-ethyl adjacent to an activating group) is 1. The van der Waals surface area contributed by atoms with Gasteiger partial charge >= 0.3 is 0 Å². The number of carbonyl (C=O) groups excluding carboxylic acids is 1. The van der Waals surface area contributed by atoms with E-state index in [4.69, 9.17) is 0 Å². The smallest absolute Gasteiger partial charge is 0.256 e. The second-order valence-corrected chi connectivity index (χ2v) is 5.62. The van der Waals surface area contributed by atoms with Crippen molar-refractivity contribution in [2.45, 2.75) is 19.4 Å². The topological polar surface area (TPSA) is 43.8 Å². The molecule has 0 saturated carbocycles. The first-order chi connectivity index (χ1) is 8.81. The Bertz CT molecular complexity index is 502. The molecule has 0 radical (unpaired) electrons. The molecular weight excluding hydrogens is 247 g/mol. The maximum atomic E-state index is 13.7. The lowest BCUT2D eigenvalue weighted by molar-refractivity contribution is 0.0308. The van der Waals surface area contributed by atoms with Crippen molar-refractivity contribution in [3.05, 3.63) is 29.6 Å². The Balaban J connectivity index is 2.21. The maximum absolute atomic E-state index is 13.7. The summed E-state index contributed by atoms with van der Waals surface area (Å²) in [6, 6.07) is 3.63. The molecule has 1 N–H and O–H groups in total. The van der Waals surface area contributed by atoms with Gasteiger partial charge in [-0.25, -0.2) is 4.39 Å². The quantitative estimate of drug-likeness (QED) is 0.841. The van der Waals surface area contributed by atoms with Crippen LogP contribution in [0.2, 0.25) is 0 Å². The number of phenolic OH excluding ortho intramolecular Hbond substituents is 1. The Morgan fingerprint density at radius 3 is 2.63 bits per heavy atom. The van der Waals surface area contributed by atoms with Crippen LogP contribution in [-0.2, 0) is 0 Å². The van der Waals surface area contributed by atoms with Crippen molar-refractivity contribution in [2.75, 3.05) is 26.7 Å². The fourth-order valence-electron chi connectivity index (χ4n) is 2.26. The van der Waals surface area contributed by atoms with Gasteiger partial charge in [0, 0.05) is 31.2 Å². The van der Waals surface area contributed by atoms with E-state index in [1.165, 1.54) is 12.1 Å². The van der Waals surface area contributed by atoms with Crippen LogP contribution in [0.25, 0.3) is 0 Å². The molecule has 19 heavy (non-hydrogen) atoms. The Labute approximate surface area is 112 Å². The number of carbonyl (C=O) groups is 1. The molecule has 0 aliphatic carbocycles. The second kappa shape index (κ2) is 4.81. The highest BCUT2D eigenvalue weighted by Crippen LogP contribution is 2.22. The average molecular weight is 266 g/mol. The van der Waals surface area contributed by atoms with Gasteiger partial charge in [-0.15, -0.1) is 0 Å². The van der Waals surface area contributed by atoms with Crippen LogP contribution in [0.15, 0.2) is 18.2 Å². The average Bonchev–Trinajstić information content (AvgIpc) is 2.32. The standard InChI is InChI=1S/C14H19FN2O2/c1-14(2)9-17(7-6-16(14)3)13(19)11-5-4-10(18)8-12(11)15/h4-5,8,18H,6-7,9H2,1-3H3. The van der Waals surface area contributed by atoms with Gasteiger partial charge in [-0.05, 0) is 33.0 Å². The van der Waals surface area contributed by atoms with Crippen molar-refractivity contribution in [3.63, 3.8) is 0 Å². The Kier molecular flexibility index (Phi) is 3.49. The van der Waals surface area contributed by atoms with Gasteiger partial charge in [-0.2, -0.15) is 0 Å². The van der Waals surface area contributed by atoms with E-state index in [2.05, 4.69) is 18.7 Å². The lowest BCUT2D eigenvalue weighted by Gasteiger charge is -2.45. The number of nitrogens with zero attached hydrogens (tertiary/aromatic N) is 2. The number of rotatable bonds is 1. The predicted octanol–water partition coefficient (Wildman–Crippen LogP) is 1.70. The highest BCUT2D eigenvalue weighted by atomic mass is 19.1. The molecule has 2 rings (SSSR count). The van der Waals surface area contributed by atoms with E-state index < -0.39 is 5.82 Å². The Hall–Kier alpha value is -1.62. The van der Waals surface area contributed by atoms with Gasteiger partial charge in [0.25, 0.3) is 5.91 Å². The number of aromatic hydroxyl groups is 1. The van der Waals surface area contributed by atoms with Gasteiger partial charge in [0.1, 0.15) is 11.6 Å². The van der Waals surface area contributed by atoms with Gasteiger partial charge in [-0.1, -0.05) is 0 Å². The molecule has 1 aliphatic heterocycles. The largest absolute Gasteiger partial charge is 0.508 e. The fraction of sp³-hybridized carbons (Fsp3) is 0.500. The minimum Gasteiger partial charge on any atom is -0.508 e. The summed E-state index contributed by atoms with van der Waals surface area (Å²) in [5, 5.41) is 9.18. The zero-order valence-electron chi connectivity index (χ0n) is 11.5. The third kappa shape index (κ3) is 2.71. The van der Waals surface area contributed by atoms with Crippen LogP contribution in [0.1, 0.15) is 24.2 Å². The Morgan fingerprint density at radius 2 is 2.05 bits per heavy atom. The van der Waals surface area contributed by atoms with Gasteiger partial charge in [0.05, 0.1) is 5.56 Å². The van der Waals surface area contributed by atoms with Crippen LogP contribution in [0.3, 0.4) is 0 Å². The molecule has 1 aromatic rings. The summed E-state index contributed by atoms with van der Waals surface area (Å²) >= 11 is 0.